The first-order valence-electron chi connectivity index (χ1n) is 7.62. The SMILES string of the molecule is COc1c(I)cc(I)cc1/C=C(\Sc1nnc(-c2ccc(Cl)cc2)o1)C(=O)O. The van der Waals surface area contributed by atoms with Crippen molar-refractivity contribution >= 4 is 80.6 Å². The molecule has 0 atom stereocenters. The van der Waals surface area contributed by atoms with Gasteiger partial charge in [-0.3, -0.25) is 0 Å². The number of aromatic nitrogens is 2. The van der Waals surface area contributed by atoms with Gasteiger partial charge in [0.25, 0.3) is 5.22 Å². The minimum atomic E-state index is -1.10. The van der Waals surface area contributed by atoms with E-state index in [2.05, 4.69) is 55.4 Å². The van der Waals surface area contributed by atoms with Crippen LogP contribution in [0, 0.1) is 7.14 Å². The van der Waals surface area contributed by atoms with Gasteiger partial charge in [0.1, 0.15) is 10.7 Å². The van der Waals surface area contributed by atoms with Crippen molar-refractivity contribution in [1.82, 2.24) is 10.2 Å². The fourth-order valence-electron chi connectivity index (χ4n) is 2.23. The fourth-order valence-corrected chi connectivity index (χ4v) is 5.13. The Hall–Kier alpha value is -1.31. The molecule has 0 aliphatic heterocycles. The smallest absolute Gasteiger partial charge is 0.342 e. The molecule has 0 fully saturated rings. The number of halogens is 3. The number of rotatable bonds is 6. The highest BCUT2D eigenvalue weighted by molar-refractivity contribution is 14.1. The van der Waals surface area contributed by atoms with Crippen LogP contribution in [0.2, 0.25) is 5.02 Å². The Balaban J connectivity index is 1.92. The highest BCUT2D eigenvalue weighted by atomic mass is 127. The van der Waals surface area contributed by atoms with E-state index in [1.807, 2.05) is 12.1 Å². The highest BCUT2D eigenvalue weighted by Crippen LogP contribution is 2.34. The molecule has 0 spiro atoms. The summed E-state index contributed by atoms with van der Waals surface area (Å²) in [6.07, 6.45) is 1.53. The van der Waals surface area contributed by atoms with Gasteiger partial charge < -0.3 is 14.3 Å². The Morgan fingerprint density at radius 3 is 2.61 bits per heavy atom. The number of carboxylic acids is 1. The third-order valence-corrected chi connectivity index (χ3v) is 5.96. The van der Waals surface area contributed by atoms with Gasteiger partial charge in [0.15, 0.2) is 0 Å². The number of benzene rings is 2. The van der Waals surface area contributed by atoms with Crippen molar-refractivity contribution in [1.29, 1.82) is 0 Å². The lowest BCUT2D eigenvalue weighted by molar-refractivity contribution is -0.131. The molecule has 1 aromatic heterocycles. The van der Waals surface area contributed by atoms with Crippen LogP contribution in [0.4, 0.5) is 0 Å². The van der Waals surface area contributed by atoms with E-state index in [4.69, 9.17) is 20.8 Å². The summed E-state index contributed by atoms with van der Waals surface area (Å²) in [6, 6.07) is 10.7. The number of ether oxygens (including phenoxy) is 1. The van der Waals surface area contributed by atoms with E-state index in [1.54, 1.807) is 31.4 Å². The average Bonchev–Trinajstić information content (AvgIpc) is 3.10. The second-order valence-electron chi connectivity index (χ2n) is 5.31. The second kappa shape index (κ2) is 9.46. The van der Waals surface area contributed by atoms with E-state index in [0.29, 0.717) is 21.9 Å². The van der Waals surface area contributed by atoms with Crippen molar-refractivity contribution in [3.63, 3.8) is 0 Å². The minimum Gasteiger partial charge on any atom is -0.495 e. The monoisotopic (exact) mass is 640 g/mol. The number of carboxylic acid groups (broad SMARTS) is 1. The summed E-state index contributed by atoms with van der Waals surface area (Å²) in [6.45, 7) is 0. The fraction of sp³-hybridized carbons (Fsp3) is 0.0556. The van der Waals surface area contributed by atoms with Crippen LogP contribution in [0.25, 0.3) is 17.5 Å². The lowest BCUT2D eigenvalue weighted by atomic mass is 10.2. The van der Waals surface area contributed by atoms with E-state index >= 15 is 0 Å². The van der Waals surface area contributed by atoms with Crippen molar-refractivity contribution in [2.75, 3.05) is 7.11 Å². The van der Waals surface area contributed by atoms with E-state index in [9.17, 15) is 9.90 Å². The van der Waals surface area contributed by atoms with Gasteiger partial charge in [0.2, 0.25) is 5.89 Å². The van der Waals surface area contributed by atoms with E-state index < -0.39 is 5.97 Å². The number of aliphatic carboxylic acids is 1. The Kier molecular flexibility index (Phi) is 7.23. The Morgan fingerprint density at radius 2 is 1.96 bits per heavy atom. The predicted octanol–water partition coefficient (Wildman–Crippen LogP) is 5.83. The number of nitrogens with zero attached hydrogens (tertiary/aromatic N) is 2. The Morgan fingerprint density at radius 1 is 1.25 bits per heavy atom. The molecule has 144 valence electrons. The van der Waals surface area contributed by atoms with Gasteiger partial charge in [-0.15, -0.1) is 10.2 Å². The molecule has 2 aromatic carbocycles. The number of hydrogen-bond acceptors (Lipinski definition) is 6. The molecule has 6 nitrogen and oxygen atoms in total. The summed E-state index contributed by atoms with van der Waals surface area (Å²) in [5.41, 5.74) is 1.35. The number of methoxy groups -OCH3 is 1. The van der Waals surface area contributed by atoms with Gasteiger partial charge in [0, 0.05) is 19.7 Å². The zero-order chi connectivity index (χ0) is 20.3. The molecule has 0 bridgehead atoms. The molecule has 0 amide bonds. The third-order valence-electron chi connectivity index (χ3n) is 3.43. The standard InChI is InChI=1S/C18H11ClI2N2O4S/c1-26-15-10(6-12(20)8-13(15)21)7-14(17(24)25)28-18-23-22-16(27-18)9-2-4-11(19)5-3-9/h2-8H,1H3,(H,24,25)/b14-7-. The van der Waals surface area contributed by atoms with Crippen LogP contribution in [0.1, 0.15) is 5.56 Å². The van der Waals surface area contributed by atoms with Crippen LogP contribution in [0.3, 0.4) is 0 Å². The van der Waals surface area contributed by atoms with Crippen LogP contribution in [-0.2, 0) is 4.79 Å². The maximum Gasteiger partial charge on any atom is 0.342 e. The van der Waals surface area contributed by atoms with Crippen molar-refractivity contribution < 1.29 is 19.1 Å². The van der Waals surface area contributed by atoms with E-state index in [0.717, 1.165) is 18.9 Å². The van der Waals surface area contributed by atoms with Gasteiger partial charge in [-0.2, -0.15) is 0 Å². The number of hydrogen-bond donors (Lipinski definition) is 1. The summed E-state index contributed by atoms with van der Waals surface area (Å²) in [5.74, 6) is -0.217. The van der Waals surface area contributed by atoms with Crippen LogP contribution in [-0.4, -0.2) is 28.4 Å². The van der Waals surface area contributed by atoms with Gasteiger partial charge in [-0.25, -0.2) is 4.79 Å². The lowest BCUT2D eigenvalue weighted by Gasteiger charge is -2.09. The highest BCUT2D eigenvalue weighted by Gasteiger charge is 2.18. The van der Waals surface area contributed by atoms with Gasteiger partial charge in [0.05, 0.1) is 10.7 Å². The lowest BCUT2D eigenvalue weighted by Crippen LogP contribution is -1.98. The quantitative estimate of drug-likeness (QED) is 0.206. The van der Waals surface area contributed by atoms with Crippen molar-refractivity contribution in [3.8, 4) is 17.2 Å². The maximum absolute atomic E-state index is 11.8. The molecule has 10 heteroatoms. The first-order chi connectivity index (χ1) is 13.4. The Labute approximate surface area is 197 Å². The Bertz CT molecular complexity index is 1050. The summed E-state index contributed by atoms with van der Waals surface area (Å²) in [7, 11) is 1.55. The maximum atomic E-state index is 11.8. The molecule has 3 aromatic rings. The van der Waals surface area contributed by atoms with Crippen molar-refractivity contribution in [2.45, 2.75) is 5.22 Å². The largest absolute Gasteiger partial charge is 0.495 e. The van der Waals surface area contributed by atoms with Gasteiger partial charge >= 0.3 is 5.97 Å². The summed E-state index contributed by atoms with van der Waals surface area (Å²) in [5, 5.41) is 18.2. The van der Waals surface area contributed by atoms with Crippen molar-refractivity contribution in [2.24, 2.45) is 0 Å². The predicted molar refractivity (Wildman–Crippen MR) is 125 cm³/mol. The van der Waals surface area contributed by atoms with Crippen molar-refractivity contribution in [3.05, 3.63) is 59.0 Å². The molecule has 0 aliphatic rings. The van der Waals surface area contributed by atoms with Gasteiger partial charge in [-0.05, 0) is 99.4 Å². The molecule has 28 heavy (non-hydrogen) atoms. The molecule has 0 saturated heterocycles. The zero-order valence-electron chi connectivity index (χ0n) is 14.1. The normalized spacial score (nSPS) is 11.5. The minimum absolute atomic E-state index is 0.0300. The topological polar surface area (TPSA) is 85.5 Å². The molecule has 0 radical (unpaired) electrons. The number of carbonyl (C=O) groups is 1. The summed E-state index contributed by atoms with van der Waals surface area (Å²) >= 11 is 11.1. The molecule has 0 unspecified atom stereocenters. The molecule has 1 N–H and O–H groups in total. The van der Waals surface area contributed by atoms with Crippen LogP contribution in [0.15, 0.2) is 50.9 Å². The number of thioether (sulfide) groups is 1. The molecule has 3 rings (SSSR count). The molecule has 0 saturated carbocycles. The molecular weight excluding hydrogens is 630 g/mol. The van der Waals surface area contributed by atoms with E-state index in [-0.39, 0.29) is 16.0 Å². The molecular formula is C18H11ClI2N2O4S. The van der Waals surface area contributed by atoms with Gasteiger partial charge in [-0.1, -0.05) is 11.6 Å². The molecule has 1 heterocycles. The van der Waals surface area contributed by atoms with Crippen LogP contribution >= 0.6 is 68.5 Å². The second-order valence-corrected chi connectivity index (χ2v) is 9.14. The zero-order valence-corrected chi connectivity index (χ0v) is 20.0. The van der Waals surface area contributed by atoms with Crippen LogP contribution in [0.5, 0.6) is 5.75 Å². The average molecular weight is 641 g/mol. The third kappa shape index (κ3) is 5.19. The summed E-state index contributed by atoms with van der Waals surface area (Å²) in [4.78, 5) is 11.8. The summed E-state index contributed by atoms with van der Waals surface area (Å²) < 4.78 is 12.9. The first kappa shape index (κ1) is 21.4. The molecule has 0 aliphatic carbocycles. The van der Waals surface area contributed by atoms with E-state index in [1.165, 1.54) is 6.08 Å². The first-order valence-corrected chi connectivity index (χ1v) is 11.0. The van der Waals surface area contributed by atoms with Crippen LogP contribution < -0.4 is 4.74 Å².